The van der Waals surface area contributed by atoms with Crippen molar-refractivity contribution in [3.8, 4) is 5.75 Å². The van der Waals surface area contributed by atoms with E-state index in [0.717, 1.165) is 76.8 Å². The number of hydrogen-bond acceptors (Lipinski definition) is 1. The van der Waals surface area contributed by atoms with Crippen LogP contribution in [0.2, 0.25) is 0 Å². The summed E-state index contributed by atoms with van der Waals surface area (Å²) in [5.74, 6) is 13.5. The Hall–Kier alpha value is -1.24. The summed E-state index contributed by atoms with van der Waals surface area (Å²) in [5, 5.41) is 0. The highest BCUT2D eigenvalue weighted by Gasteiger charge is 2.73. The Bertz CT molecular complexity index is 854. The summed E-state index contributed by atoms with van der Waals surface area (Å²) in [6.07, 6.45) is 11.3. The molecule has 0 spiro atoms. The number of hydrogen-bond donors (Lipinski definition) is 0. The molecular formula is C25H28O. The fourth-order valence-electron chi connectivity index (χ4n) is 10.6. The van der Waals surface area contributed by atoms with Crippen LogP contribution >= 0.6 is 0 Å². The number of allylic oxidation sites excluding steroid dienone is 2. The molecule has 8 rings (SSSR count). The van der Waals surface area contributed by atoms with E-state index < -0.39 is 0 Å². The van der Waals surface area contributed by atoms with E-state index in [1.807, 2.05) is 7.11 Å². The Labute approximate surface area is 156 Å². The average Bonchev–Trinajstić information content (AvgIpc) is 3.48. The first-order valence-corrected chi connectivity index (χ1v) is 11.2. The minimum Gasteiger partial charge on any atom is -0.497 e. The van der Waals surface area contributed by atoms with E-state index in [-0.39, 0.29) is 0 Å². The zero-order valence-electron chi connectivity index (χ0n) is 15.6. The van der Waals surface area contributed by atoms with Gasteiger partial charge in [0.15, 0.2) is 0 Å². The first-order valence-electron chi connectivity index (χ1n) is 11.2. The van der Waals surface area contributed by atoms with E-state index in [2.05, 4.69) is 30.4 Å². The third-order valence-electron chi connectivity index (χ3n) is 10.7. The molecule has 0 saturated heterocycles. The third-order valence-corrected chi connectivity index (χ3v) is 10.7. The SMILES string of the molecule is COc1ccc2c(c1)CC1C3CC(C21)C1C2CC(C4C5C=CC(C5)C24)C31. The number of methoxy groups -OCH3 is 1. The molecule has 0 heterocycles. The van der Waals surface area contributed by atoms with Gasteiger partial charge in [0.2, 0.25) is 0 Å². The van der Waals surface area contributed by atoms with Crippen molar-refractivity contribution in [3.63, 3.8) is 0 Å². The second-order valence-electron chi connectivity index (χ2n) is 10.8. The maximum absolute atomic E-state index is 5.52. The van der Waals surface area contributed by atoms with Crippen LogP contribution in [0, 0.1) is 65.1 Å². The Morgan fingerprint density at radius 2 is 1.50 bits per heavy atom. The van der Waals surface area contributed by atoms with Crippen molar-refractivity contribution in [1.82, 2.24) is 0 Å². The summed E-state index contributed by atoms with van der Waals surface area (Å²) >= 11 is 0. The van der Waals surface area contributed by atoms with Gasteiger partial charge in [-0.25, -0.2) is 0 Å². The molecule has 0 amide bonds. The van der Waals surface area contributed by atoms with Crippen LogP contribution in [-0.2, 0) is 6.42 Å². The van der Waals surface area contributed by atoms with Crippen molar-refractivity contribution in [2.45, 2.75) is 31.6 Å². The maximum atomic E-state index is 5.52. The van der Waals surface area contributed by atoms with E-state index in [1.165, 1.54) is 12.8 Å². The van der Waals surface area contributed by atoms with Crippen molar-refractivity contribution in [2.24, 2.45) is 65.1 Å². The summed E-state index contributed by atoms with van der Waals surface area (Å²) in [4.78, 5) is 0. The molecule has 1 heteroatoms. The van der Waals surface area contributed by atoms with Crippen molar-refractivity contribution in [1.29, 1.82) is 0 Å². The molecule has 26 heavy (non-hydrogen) atoms. The smallest absolute Gasteiger partial charge is 0.119 e. The number of rotatable bonds is 1. The molecule has 134 valence electrons. The standard InChI is InChI=1S/C25H28O/c1-26-14-4-5-15-13(7-14)8-16-17-9-20(23(15)16)25-19-10-18(24(17)25)21-11-2-3-12(6-11)22(19)21/h2-5,7,11-12,16-25H,6,8-10H2,1H3. The van der Waals surface area contributed by atoms with Gasteiger partial charge in [0.1, 0.15) is 5.75 Å². The zero-order chi connectivity index (χ0) is 16.7. The average molecular weight is 344 g/mol. The quantitative estimate of drug-likeness (QED) is 0.519. The molecule has 5 fully saturated rings. The lowest BCUT2D eigenvalue weighted by Crippen LogP contribution is -2.43. The van der Waals surface area contributed by atoms with E-state index in [4.69, 9.17) is 4.74 Å². The summed E-state index contributed by atoms with van der Waals surface area (Å²) in [7, 11) is 1.81. The topological polar surface area (TPSA) is 9.23 Å². The normalized spacial score (nSPS) is 58.2. The minimum absolute atomic E-state index is 0.897. The molecule has 6 bridgehead atoms. The summed E-state index contributed by atoms with van der Waals surface area (Å²) < 4.78 is 5.52. The molecule has 0 N–H and O–H groups in total. The van der Waals surface area contributed by atoms with Crippen LogP contribution in [0.15, 0.2) is 30.4 Å². The first kappa shape index (κ1) is 13.9. The molecule has 12 atom stereocenters. The zero-order valence-corrected chi connectivity index (χ0v) is 15.6. The van der Waals surface area contributed by atoms with Gasteiger partial charge in [-0.05, 0) is 120 Å². The summed E-state index contributed by atoms with van der Waals surface area (Å²) in [6, 6.07) is 7.02. The van der Waals surface area contributed by atoms with Gasteiger partial charge in [-0.1, -0.05) is 18.2 Å². The lowest BCUT2D eigenvalue weighted by atomic mass is 9.57. The van der Waals surface area contributed by atoms with Crippen molar-refractivity contribution in [3.05, 3.63) is 41.5 Å². The fourth-order valence-corrected chi connectivity index (χ4v) is 10.6. The first-order chi connectivity index (χ1) is 12.8. The van der Waals surface area contributed by atoms with Gasteiger partial charge >= 0.3 is 0 Å². The van der Waals surface area contributed by atoms with Gasteiger partial charge < -0.3 is 4.74 Å². The molecule has 1 aromatic rings. The second kappa shape index (κ2) is 4.26. The summed E-state index contributed by atoms with van der Waals surface area (Å²) in [5.41, 5.74) is 3.34. The Morgan fingerprint density at radius 1 is 0.769 bits per heavy atom. The minimum atomic E-state index is 0.897. The molecule has 0 aliphatic heterocycles. The fraction of sp³-hybridized carbons (Fsp3) is 0.680. The Morgan fingerprint density at radius 3 is 2.27 bits per heavy atom. The van der Waals surface area contributed by atoms with E-state index >= 15 is 0 Å². The van der Waals surface area contributed by atoms with Gasteiger partial charge in [0, 0.05) is 0 Å². The van der Waals surface area contributed by atoms with Crippen LogP contribution in [0.4, 0.5) is 0 Å². The number of benzene rings is 1. The van der Waals surface area contributed by atoms with Crippen molar-refractivity contribution >= 4 is 0 Å². The maximum Gasteiger partial charge on any atom is 0.119 e. The van der Waals surface area contributed by atoms with Crippen LogP contribution < -0.4 is 4.74 Å². The lowest BCUT2D eigenvalue weighted by molar-refractivity contribution is 0.0229. The van der Waals surface area contributed by atoms with Gasteiger partial charge in [-0.3, -0.25) is 0 Å². The Kier molecular flexibility index (Phi) is 2.27. The van der Waals surface area contributed by atoms with Gasteiger partial charge in [-0.15, -0.1) is 0 Å². The van der Waals surface area contributed by atoms with E-state index in [9.17, 15) is 0 Å². The molecule has 12 unspecified atom stereocenters. The molecule has 1 nitrogen and oxygen atoms in total. The van der Waals surface area contributed by atoms with Crippen molar-refractivity contribution in [2.75, 3.05) is 7.11 Å². The molecular weight excluding hydrogens is 316 g/mol. The second-order valence-corrected chi connectivity index (χ2v) is 10.8. The molecule has 7 aliphatic rings. The van der Waals surface area contributed by atoms with Crippen LogP contribution in [0.5, 0.6) is 5.75 Å². The van der Waals surface area contributed by atoms with Gasteiger partial charge in [0.25, 0.3) is 0 Å². The predicted octanol–water partition coefficient (Wildman–Crippen LogP) is 4.92. The van der Waals surface area contributed by atoms with Gasteiger partial charge in [-0.2, -0.15) is 0 Å². The molecule has 1 aromatic carbocycles. The van der Waals surface area contributed by atoms with Gasteiger partial charge in [0.05, 0.1) is 7.11 Å². The lowest BCUT2D eigenvalue weighted by Gasteiger charge is -2.47. The predicted molar refractivity (Wildman–Crippen MR) is 101 cm³/mol. The van der Waals surface area contributed by atoms with Crippen molar-refractivity contribution < 1.29 is 4.74 Å². The van der Waals surface area contributed by atoms with E-state index in [0.29, 0.717) is 0 Å². The highest BCUT2D eigenvalue weighted by molar-refractivity contribution is 5.45. The van der Waals surface area contributed by atoms with Crippen LogP contribution in [0.3, 0.4) is 0 Å². The van der Waals surface area contributed by atoms with Crippen LogP contribution in [0.25, 0.3) is 0 Å². The highest BCUT2D eigenvalue weighted by atomic mass is 16.5. The largest absolute Gasteiger partial charge is 0.497 e. The molecule has 7 aliphatic carbocycles. The van der Waals surface area contributed by atoms with Crippen LogP contribution in [0.1, 0.15) is 36.3 Å². The molecule has 5 saturated carbocycles. The summed E-state index contributed by atoms with van der Waals surface area (Å²) in [6.45, 7) is 0. The van der Waals surface area contributed by atoms with Crippen LogP contribution in [-0.4, -0.2) is 7.11 Å². The molecule has 0 radical (unpaired) electrons. The van der Waals surface area contributed by atoms with E-state index in [1.54, 1.807) is 24.0 Å². The highest BCUT2D eigenvalue weighted by Crippen LogP contribution is 2.79. The number of fused-ring (bicyclic) bond motifs is 21. The third kappa shape index (κ3) is 1.31. The molecule has 0 aromatic heterocycles. The number of ether oxygens (including phenoxy) is 1. The Balaban J connectivity index is 1.21. The monoisotopic (exact) mass is 344 g/mol.